The molecule has 2 atom stereocenters. The number of fused-ring (bicyclic) bond motifs is 5. The van der Waals surface area contributed by atoms with Gasteiger partial charge in [-0.3, -0.25) is 4.57 Å². The Labute approximate surface area is 192 Å². The van der Waals surface area contributed by atoms with Crippen molar-refractivity contribution in [3.63, 3.8) is 0 Å². The van der Waals surface area contributed by atoms with Gasteiger partial charge in [0.2, 0.25) is 0 Å². The van der Waals surface area contributed by atoms with Crippen molar-refractivity contribution < 1.29 is 9.50 Å². The van der Waals surface area contributed by atoms with E-state index in [9.17, 15) is 9.50 Å². The van der Waals surface area contributed by atoms with Crippen LogP contribution in [0, 0.1) is 11.7 Å². The molecule has 0 amide bonds. The minimum Gasteiger partial charge on any atom is -0.391 e. The SMILES string of the molecule is CCC[C@H]1CN(c2ccc3c(c2)Cn2cc(-c4ccc(F)cc4)cc2-c2nccn2-3)C[C@@H]1O. The number of benzene rings is 2. The van der Waals surface area contributed by atoms with Crippen LogP contribution in [-0.4, -0.2) is 38.4 Å². The molecule has 2 aromatic heterocycles. The Hall–Kier alpha value is -3.38. The first kappa shape index (κ1) is 20.2. The van der Waals surface area contributed by atoms with Crippen molar-refractivity contribution in [3.8, 4) is 28.3 Å². The van der Waals surface area contributed by atoms with Crippen molar-refractivity contribution in [3.05, 3.63) is 78.5 Å². The molecule has 2 aliphatic heterocycles. The average Bonchev–Trinajstić information content (AvgIpc) is 3.52. The molecule has 0 radical (unpaired) electrons. The van der Waals surface area contributed by atoms with Crippen LogP contribution in [0.5, 0.6) is 0 Å². The lowest BCUT2D eigenvalue weighted by molar-refractivity contribution is 0.143. The third-order valence-electron chi connectivity index (χ3n) is 7.04. The van der Waals surface area contributed by atoms with Gasteiger partial charge in [0, 0.05) is 55.4 Å². The molecule has 4 heterocycles. The van der Waals surface area contributed by atoms with E-state index in [4.69, 9.17) is 0 Å². The third kappa shape index (κ3) is 3.45. The fourth-order valence-corrected chi connectivity index (χ4v) is 5.35. The zero-order valence-corrected chi connectivity index (χ0v) is 18.7. The Morgan fingerprint density at radius 3 is 2.73 bits per heavy atom. The second-order valence-electron chi connectivity index (χ2n) is 9.20. The standard InChI is InChI=1S/C27H27FN4O/c1-2-3-19-14-30(17-26(19)33)23-8-9-24-21(12-23)16-31-15-20(18-4-6-22(28)7-5-18)13-25(31)27-29-10-11-32(24)27/h4-13,15,19,26,33H,2-3,14,16-17H2,1H3/t19-,26-/m0/s1. The number of hydrogen-bond acceptors (Lipinski definition) is 3. The number of anilines is 1. The van der Waals surface area contributed by atoms with Crippen LogP contribution in [0.15, 0.2) is 67.1 Å². The normalized spacial score (nSPS) is 19.2. The minimum atomic E-state index is -0.265. The van der Waals surface area contributed by atoms with E-state index in [1.54, 1.807) is 0 Å². The highest BCUT2D eigenvalue weighted by molar-refractivity contribution is 5.72. The van der Waals surface area contributed by atoms with Crippen molar-refractivity contribution in [2.75, 3.05) is 18.0 Å². The molecule has 6 rings (SSSR count). The summed E-state index contributed by atoms with van der Waals surface area (Å²) in [5.41, 5.74) is 6.56. The van der Waals surface area contributed by atoms with E-state index >= 15 is 0 Å². The molecule has 168 valence electrons. The van der Waals surface area contributed by atoms with Gasteiger partial charge in [0.15, 0.2) is 5.82 Å². The van der Waals surface area contributed by atoms with Crippen LogP contribution >= 0.6 is 0 Å². The van der Waals surface area contributed by atoms with Gasteiger partial charge >= 0.3 is 0 Å². The van der Waals surface area contributed by atoms with Gasteiger partial charge in [0.1, 0.15) is 5.82 Å². The number of aliphatic hydroxyl groups excluding tert-OH is 1. The van der Waals surface area contributed by atoms with Crippen LogP contribution in [0.4, 0.5) is 10.1 Å². The molecule has 2 aromatic carbocycles. The number of aliphatic hydroxyl groups is 1. The lowest BCUT2D eigenvalue weighted by atomic mass is 10.0. The zero-order chi connectivity index (χ0) is 22.5. The lowest BCUT2D eigenvalue weighted by Gasteiger charge is -2.21. The Balaban J connectivity index is 1.39. The molecule has 0 saturated carbocycles. The molecule has 2 aliphatic rings. The fraction of sp³-hybridized carbons (Fsp3) is 0.296. The fourth-order valence-electron chi connectivity index (χ4n) is 5.35. The van der Waals surface area contributed by atoms with Crippen LogP contribution in [0.2, 0.25) is 0 Å². The van der Waals surface area contributed by atoms with Gasteiger partial charge in [0.05, 0.1) is 17.5 Å². The van der Waals surface area contributed by atoms with Gasteiger partial charge in [-0.2, -0.15) is 0 Å². The minimum absolute atomic E-state index is 0.232. The number of aromatic nitrogens is 3. The monoisotopic (exact) mass is 442 g/mol. The smallest absolute Gasteiger partial charge is 0.161 e. The van der Waals surface area contributed by atoms with Crippen molar-refractivity contribution >= 4 is 5.69 Å². The molecule has 0 unspecified atom stereocenters. The van der Waals surface area contributed by atoms with E-state index in [-0.39, 0.29) is 11.9 Å². The molecule has 0 aliphatic carbocycles. The molecule has 1 N–H and O–H groups in total. The van der Waals surface area contributed by atoms with Crippen molar-refractivity contribution in [1.82, 2.24) is 14.1 Å². The maximum atomic E-state index is 13.4. The van der Waals surface area contributed by atoms with Gasteiger partial charge < -0.3 is 14.6 Å². The average molecular weight is 443 g/mol. The first-order chi connectivity index (χ1) is 16.1. The van der Waals surface area contributed by atoms with Crippen molar-refractivity contribution in [2.45, 2.75) is 32.4 Å². The second kappa shape index (κ2) is 7.89. The second-order valence-corrected chi connectivity index (χ2v) is 9.20. The summed E-state index contributed by atoms with van der Waals surface area (Å²) in [6, 6.07) is 15.3. The predicted octanol–water partition coefficient (Wildman–Crippen LogP) is 5.11. The number of nitrogens with zero attached hydrogens (tertiary/aromatic N) is 4. The van der Waals surface area contributed by atoms with E-state index in [0.717, 1.165) is 60.0 Å². The highest BCUT2D eigenvalue weighted by atomic mass is 19.1. The third-order valence-corrected chi connectivity index (χ3v) is 7.04. The maximum absolute atomic E-state index is 13.4. The van der Waals surface area contributed by atoms with E-state index in [2.05, 4.69) is 56.4 Å². The van der Waals surface area contributed by atoms with Gasteiger partial charge in [-0.05, 0) is 53.9 Å². The number of β-amino-alcohol motifs (C(OH)–C–C–N with tert-alkyl or cyclic N) is 1. The molecular formula is C27H27FN4O. The number of rotatable bonds is 4. The molecule has 6 heteroatoms. The molecule has 0 bridgehead atoms. The summed E-state index contributed by atoms with van der Waals surface area (Å²) in [5, 5.41) is 10.5. The number of imidazole rings is 1. The van der Waals surface area contributed by atoms with E-state index < -0.39 is 0 Å². The highest BCUT2D eigenvalue weighted by Crippen LogP contribution is 2.36. The largest absolute Gasteiger partial charge is 0.391 e. The molecule has 0 spiro atoms. The van der Waals surface area contributed by atoms with Crippen LogP contribution in [0.1, 0.15) is 25.3 Å². The summed E-state index contributed by atoms with van der Waals surface area (Å²) in [6.07, 6.45) is 7.85. The van der Waals surface area contributed by atoms with Gasteiger partial charge in [-0.25, -0.2) is 9.37 Å². The summed E-state index contributed by atoms with van der Waals surface area (Å²) < 4.78 is 17.8. The molecular weight excluding hydrogens is 415 g/mol. The quantitative estimate of drug-likeness (QED) is 0.421. The first-order valence-corrected chi connectivity index (χ1v) is 11.7. The van der Waals surface area contributed by atoms with Crippen LogP contribution in [0.25, 0.3) is 28.3 Å². The Morgan fingerprint density at radius 1 is 1.06 bits per heavy atom. The lowest BCUT2D eigenvalue weighted by Crippen LogP contribution is -2.21. The Morgan fingerprint density at radius 2 is 1.91 bits per heavy atom. The highest BCUT2D eigenvalue weighted by Gasteiger charge is 2.31. The van der Waals surface area contributed by atoms with Crippen molar-refractivity contribution in [2.24, 2.45) is 5.92 Å². The van der Waals surface area contributed by atoms with Gasteiger partial charge in [-0.1, -0.05) is 25.5 Å². The molecule has 5 nitrogen and oxygen atoms in total. The maximum Gasteiger partial charge on any atom is 0.161 e. The number of halogens is 1. The summed E-state index contributed by atoms with van der Waals surface area (Å²) in [6.45, 7) is 4.48. The Kier molecular flexibility index (Phi) is 4.84. The van der Waals surface area contributed by atoms with Gasteiger partial charge in [-0.15, -0.1) is 0 Å². The topological polar surface area (TPSA) is 46.2 Å². The first-order valence-electron chi connectivity index (χ1n) is 11.7. The summed E-state index contributed by atoms with van der Waals surface area (Å²) in [4.78, 5) is 6.97. The molecule has 1 fully saturated rings. The predicted molar refractivity (Wildman–Crippen MR) is 128 cm³/mol. The zero-order valence-electron chi connectivity index (χ0n) is 18.7. The summed E-state index contributed by atoms with van der Waals surface area (Å²) in [7, 11) is 0. The van der Waals surface area contributed by atoms with E-state index in [0.29, 0.717) is 12.5 Å². The molecule has 33 heavy (non-hydrogen) atoms. The number of hydrogen-bond donors (Lipinski definition) is 1. The molecule has 4 aromatic rings. The van der Waals surface area contributed by atoms with E-state index in [1.807, 2.05) is 24.5 Å². The summed E-state index contributed by atoms with van der Waals surface area (Å²) in [5.74, 6) is 1.00. The summed E-state index contributed by atoms with van der Waals surface area (Å²) >= 11 is 0. The van der Waals surface area contributed by atoms with Crippen LogP contribution in [-0.2, 0) is 6.54 Å². The van der Waals surface area contributed by atoms with Crippen LogP contribution in [0.3, 0.4) is 0 Å². The van der Waals surface area contributed by atoms with E-state index in [1.165, 1.54) is 17.7 Å². The van der Waals surface area contributed by atoms with Crippen molar-refractivity contribution in [1.29, 1.82) is 0 Å². The molecule has 1 saturated heterocycles. The Bertz CT molecular complexity index is 1310. The van der Waals surface area contributed by atoms with Crippen LogP contribution < -0.4 is 4.90 Å². The van der Waals surface area contributed by atoms with Gasteiger partial charge in [0.25, 0.3) is 0 Å².